The maximum Gasteiger partial charge on any atom is 0.326 e. The minimum Gasteiger partial charge on any atom is -0.480 e. The van der Waals surface area contributed by atoms with E-state index < -0.39 is 12.0 Å². The van der Waals surface area contributed by atoms with Crippen molar-refractivity contribution in [1.29, 1.82) is 0 Å². The van der Waals surface area contributed by atoms with Crippen LogP contribution in [0.2, 0.25) is 5.02 Å². The molecule has 1 atom stereocenters. The second-order valence-corrected chi connectivity index (χ2v) is 5.85. The molecular weight excluding hydrogens is 290 g/mol. The number of benzene rings is 1. The molecule has 0 unspecified atom stereocenters. The highest BCUT2D eigenvalue weighted by Crippen LogP contribution is 2.19. The van der Waals surface area contributed by atoms with Crippen LogP contribution in [-0.2, 0) is 16.0 Å². The minimum absolute atomic E-state index is 0.0453. The lowest BCUT2D eigenvalue weighted by molar-refractivity contribution is -0.152. The zero-order valence-electron chi connectivity index (χ0n) is 11.9. The number of halogens is 1. The number of carboxylic acids is 1. The van der Waals surface area contributed by atoms with Gasteiger partial charge in [0, 0.05) is 18.0 Å². The Morgan fingerprint density at radius 2 is 1.95 bits per heavy atom. The molecule has 1 saturated heterocycles. The van der Waals surface area contributed by atoms with E-state index >= 15 is 0 Å². The number of carbonyl (C=O) groups is 2. The first-order valence-electron chi connectivity index (χ1n) is 7.34. The van der Waals surface area contributed by atoms with Crippen LogP contribution in [0.4, 0.5) is 0 Å². The van der Waals surface area contributed by atoms with Crippen LogP contribution in [0.15, 0.2) is 24.3 Å². The van der Waals surface area contributed by atoms with Crippen LogP contribution in [0, 0.1) is 0 Å². The zero-order chi connectivity index (χ0) is 15.2. The molecule has 1 aliphatic heterocycles. The highest BCUT2D eigenvalue weighted by Gasteiger charge is 2.31. The van der Waals surface area contributed by atoms with Gasteiger partial charge in [0.2, 0.25) is 5.91 Å². The summed E-state index contributed by atoms with van der Waals surface area (Å²) < 4.78 is 0. The molecule has 114 valence electrons. The molecule has 1 aromatic rings. The smallest absolute Gasteiger partial charge is 0.326 e. The van der Waals surface area contributed by atoms with Crippen LogP contribution in [0.1, 0.15) is 37.7 Å². The van der Waals surface area contributed by atoms with E-state index in [2.05, 4.69) is 0 Å². The Morgan fingerprint density at radius 1 is 1.24 bits per heavy atom. The number of hydrogen-bond donors (Lipinski definition) is 1. The number of likely N-dealkylation sites (tertiary alicyclic amines) is 1. The van der Waals surface area contributed by atoms with Crippen LogP contribution in [0.25, 0.3) is 0 Å². The van der Waals surface area contributed by atoms with Gasteiger partial charge in [-0.05, 0) is 49.8 Å². The average Bonchev–Trinajstić information content (AvgIpc) is 2.49. The van der Waals surface area contributed by atoms with Crippen LogP contribution in [0.5, 0.6) is 0 Å². The Bertz CT molecular complexity index is 501. The van der Waals surface area contributed by atoms with Crippen molar-refractivity contribution in [1.82, 2.24) is 4.90 Å². The number of hydrogen-bond acceptors (Lipinski definition) is 2. The van der Waals surface area contributed by atoms with Crippen molar-refractivity contribution < 1.29 is 14.7 Å². The average molecular weight is 310 g/mol. The molecular formula is C16H20ClNO3. The number of carbonyl (C=O) groups excluding carboxylic acids is 1. The molecule has 0 aliphatic carbocycles. The summed E-state index contributed by atoms with van der Waals surface area (Å²) >= 11 is 5.83. The molecule has 1 heterocycles. The third-order valence-corrected chi connectivity index (χ3v) is 4.13. The van der Waals surface area contributed by atoms with Gasteiger partial charge in [-0.2, -0.15) is 0 Å². The Morgan fingerprint density at radius 3 is 2.62 bits per heavy atom. The van der Waals surface area contributed by atoms with Gasteiger partial charge < -0.3 is 10.0 Å². The van der Waals surface area contributed by atoms with Crippen molar-refractivity contribution in [2.24, 2.45) is 0 Å². The fraction of sp³-hybridized carbons (Fsp3) is 0.500. The van der Waals surface area contributed by atoms with Crippen LogP contribution < -0.4 is 0 Å². The molecule has 5 heteroatoms. The number of aliphatic carboxylic acids is 1. The van der Waals surface area contributed by atoms with E-state index in [9.17, 15) is 14.7 Å². The second kappa shape index (κ2) is 7.46. The summed E-state index contributed by atoms with van der Waals surface area (Å²) in [6.45, 7) is 0.566. The number of amides is 1. The molecule has 0 spiro atoms. The highest BCUT2D eigenvalue weighted by atomic mass is 35.5. The maximum absolute atomic E-state index is 12.2. The monoisotopic (exact) mass is 309 g/mol. The van der Waals surface area contributed by atoms with Gasteiger partial charge in [0.25, 0.3) is 0 Å². The molecule has 0 bridgehead atoms. The third-order valence-electron chi connectivity index (χ3n) is 3.88. The summed E-state index contributed by atoms with van der Waals surface area (Å²) in [5.41, 5.74) is 1.14. The van der Waals surface area contributed by atoms with Gasteiger partial charge in [-0.3, -0.25) is 4.79 Å². The number of aryl methyl sites for hydroxylation is 1. The van der Waals surface area contributed by atoms with Gasteiger partial charge in [0.1, 0.15) is 6.04 Å². The Labute approximate surface area is 129 Å². The summed E-state index contributed by atoms with van der Waals surface area (Å²) in [5, 5.41) is 9.88. The third kappa shape index (κ3) is 4.46. The van der Waals surface area contributed by atoms with Crippen molar-refractivity contribution >= 4 is 23.5 Å². The molecule has 1 fully saturated rings. The molecule has 2 rings (SSSR count). The molecule has 4 nitrogen and oxygen atoms in total. The highest BCUT2D eigenvalue weighted by molar-refractivity contribution is 6.30. The largest absolute Gasteiger partial charge is 0.480 e. The molecule has 1 amide bonds. The van der Waals surface area contributed by atoms with E-state index in [1.54, 1.807) is 0 Å². The SMILES string of the molecule is O=C(O)[C@H]1CCCCN1C(=O)CCCc1ccc(Cl)cc1. The van der Waals surface area contributed by atoms with Crippen LogP contribution in [0.3, 0.4) is 0 Å². The molecule has 0 saturated carbocycles. The van der Waals surface area contributed by atoms with Gasteiger partial charge in [0.15, 0.2) is 0 Å². The summed E-state index contributed by atoms with van der Waals surface area (Å²) in [6, 6.07) is 6.94. The van der Waals surface area contributed by atoms with E-state index in [1.165, 1.54) is 4.90 Å². The minimum atomic E-state index is -0.888. The quantitative estimate of drug-likeness (QED) is 0.909. The molecule has 1 aromatic carbocycles. The van der Waals surface area contributed by atoms with Crippen molar-refractivity contribution in [2.45, 2.75) is 44.6 Å². The summed E-state index contributed by atoms with van der Waals surface area (Å²) in [6.07, 6.45) is 4.26. The van der Waals surface area contributed by atoms with Gasteiger partial charge >= 0.3 is 5.97 Å². The van der Waals surface area contributed by atoms with Crippen molar-refractivity contribution in [3.63, 3.8) is 0 Å². The fourth-order valence-electron chi connectivity index (χ4n) is 2.73. The van der Waals surface area contributed by atoms with Crippen LogP contribution >= 0.6 is 11.6 Å². The van der Waals surface area contributed by atoms with Gasteiger partial charge in [0.05, 0.1) is 0 Å². The van der Waals surface area contributed by atoms with Gasteiger partial charge in [-0.25, -0.2) is 4.79 Å². The first-order valence-corrected chi connectivity index (χ1v) is 7.72. The Kier molecular flexibility index (Phi) is 5.62. The standard InChI is InChI=1S/C16H20ClNO3/c17-13-9-7-12(8-10-13)4-3-6-15(19)18-11-2-1-5-14(18)16(20)21/h7-10,14H,1-6,11H2,(H,20,21)/t14-/m1/s1. The molecule has 0 aromatic heterocycles. The number of rotatable bonds is 5. The first-order chi connectivity index (χ1) is 10.1. The van der Waals surface area contributed by atoms with E-state index in [0.717, 1.165) is 31.2 Å². The summed E-state index contributed by atoms with van der Waals surface area (Å²) in [5.74, 6) is -0.934. The summed E-state index contributed by atoms with van der Waals surface area (Å²) in [4.78, 5) is 24.9. The van der Waals surface area contributed by atoms with E-state index in [-0.39, 0.29) is 5.91 Å². The topological polar surface area (TPSA) is 57.6 Å². The number of nitrogens with zero attached hydrogens (tertiary/aromatic N) is 1. The van der Waals surface area contributed by atoms with E-state index in [4.69, 9.17) is 11.6 Å². The van der Waals surface area contributed by atoms with E-state index in [0.29, 0.717) is 24.4 Å². The second-order valence-electron chi connectivity index (χ2n) is 5.42. The predicted molar refractivity (Wildman–Crippen MR) is 81.4 cm³/mol. The lowest BCUT2D eigenvalue weighted by Gasteiger charge is -2.33. The van der Waals surface area contributed by atoms with Crippen LogP contribution in [-0.4, -0.2) is 34.5 Å². The maximum atomic E-state index is 12.2. The lowest BCUT2D eigenvalue weighted by atomic mass is 10.0. The molecule has 21 heavy (non-hydrogen) atoms. The predicted octanol–water partition coefficient (Wildman–Crippen LogP) is 3.13. The number of carboxylic acid groups (broad SMARTS) is 1. The zero-order valence-corrected chi connectivity index (χ0v) is 12.7. The van der Waals surface area contributed by atoms with E-state index in [1.807, 2.05) is 24.3 Å². The number of piperidine rings is 1. The fourth-order valence-corrected chi connectivity index (χ4v) is 2.85. The summed E-state index contributed by atoms with van der Waals surface area (Å²) in [7, 11) is 0. The molecule has 1 aliphatic rings. The lowest BCUT2D eigenvalue weighted by Crippen LogP contribution is -2.47. The molecule has 1 N–H and O–H groups in total. The Balaban J connectivity index is 1.83. The van der Waals surface area contributed by atoms with Crippen molar-refractivity contribution in [2.75, 3.05) is 6.54 Å². The van der Waals surface area contributed by atoms with Crippen molar-refractivity contribution in [3.8, 4) is 0 Å². The first kappa shape index (κ1) is 15.8. The normalized spacial score (nSPS) is 18.5. The van der Waals surface area contributed by atoms with Gasteiger partial charge in [-0.15, -0.1) is 0 Å². The Hall–Kier alpha value is -1.55. The van der Waals surface area contributed by atoms with Crippen molar-refractivity contribution in [3.05, 3.63) is 34.9 Å². The molecule has 0 radical (unpaired) electrons. The van der Waals surface area contributed by atoms with Gasteiger partial charge in [-0.1, -0.05) is 23.7 Å².